The van der Waals surface area contributed by atoms with Crippen LogP contribution < -0.4 is 16.0 Å². The number of urea groups is 1. The lowest BCUT2D eigenvalue weighted by molar-refractivity contribution is -0.140. The molecule has 0 bridgehead atoms. The van der Waals surface area contributed by atoms with E-state index in [1.165, 1.54) is 7.05 Å². The van der Waals surface area contributed by atoms with Crippen LogP contribution in [0.3, 0.4) is 0 Å². The van der Waals surface area contributed by atoms with Crippen molar-refractivity contribution in [3.05, 3.63) is 0 Å². The zero-order valence-corrected chi connectivity index (χ0v) is 12.7. The van der Waals surface area contributed by atoms with Crippen molar-refractivity contribution >= 4 is 17.9 Å². The molecule has 4 N–H and O–H groups in total. The SMILES string of the molecule is CCC(C)C(NC(=O)NCC(C)(C)C(=O)NC)C(=O)O. The van der Waals surface area contributed by atoms with Crippen molar-refractivity contribution in [1.29, 1.82) is 0 Å². The Hall–Kier alpha value is -1.79. The average molecular weight is 287 g/mol. The van der Waals surface area contributed by atoms with Gasteiger partial charge in [-0.1, -0.05) is 20.3 Å². The lowest BCUT2D eigenvalue weighted by Crippen LogP contribution is -2.52. The van der Waals surface area contributed by atoms with Gasteiger partial charge in [-0.15, -0.1) is 0 Å². The highest BCUT2D eigenvalue weighted by Crippen LogP contribution is 2.13. The highest BCUT2D eigenvalue weighted by molar-refractivity contribution is 5.84. The topological polar surface area (TPSA) is 108 Å². The predicted molar refractivity (Wildman–Crippen MR) is 75.3 cm³/mol. The molecule has 0 aromatic carbocycles. The van der Waals surface area contributed by atoms with E-state index in [1.807, 2.05) is 6.92 Å². The maximum absolute atomic E-state index is 11.7. The predicted octanol–water partition coefficient (Wildman–Crippen LogP) is 0.557. The first-order valence-electron chi connectivity index (χ1n) is 6.65. The van der Waals surface area contributed by atoms with Crippen LogP contribution in [0.25, 0.3) is 0 Å². The minimum Gasteiger partial charge on any atom is -0.480 e. The number of nitrogens with one attached hydrogen (secondary N) is 3. The Morgan fingerprint density at radius 2 is 1.80 bits per heavy atom. The van der Waals surface area contributed by atoms with Crippen molar-refractivity contribution in [2.45, 2.75) is 40.2 Å². The minimum atomic E-state index is -1.07. The van der Waals surface area contributed by atoms with Crippen LogP contribution in [0.4, 0.5) is 4.79 Å². The fraction of sp³-hybridized carbons (Fsp3) is 0.769. The highest BCUT2D eigenvalue weighted by atomic mass is 16.4. The van der Waals surface area contributed by atoms with Gasteiger partial charge in [0.05, 0.1) is 5.41 Å². The van der Waals surface area contributed by atoms with Crippen molar-refractivity contribution in [2.75, 3.05) is 13.6 Å². The Morgan fingerprint density at radius 3 is 2.20 bits per heavy atom. The molecule has 0 fully saturated rings. The molecule has 0 spiro atoms. The largest absolute Gasteiger partial charge is 0.480 e. The molecule has 20 heavy (non-hydrogen) atoms. The summed E-state index contributed by atoms with van der Waals surface area (Å²) in [6.07, 6.45) is 0.640. The summed E-state index contributed by atoms with van der Waals surface area (Å²) in [4.78, 5) is 34.4. The first kappa shape index (κ1) is 18.2. The molecule has 2 atom stereocenters. The maximum Gasteiger partial charge on any atom is 0.326 e. The Morgan fingerprint density at radius 1 is 1.25 bits per heavy atom. The van der Waals surface area contributed by atoms with Gasteiger partial charge in [0.2, 0.25) is 5.91 Å². The molecular weight excluding hydrogens is 262 g/mol. The fourth-order valence-corrected chi connectivity index (χ4v) is 1.60. The van der Waals surface area contributed by atoms with Crippen LogP contribution in [-0.4, -0.2) is 42.6 Å². The Labute approximate surface area is 119 Å². The van der Waals surface area contributed by atoms with E-state index in [2.05, 4.69) is 16.0 Å². The number of carbonyl (C=O) groups is 3. The van der Waals surface area contributed by atoms with E-state index in [4.69, 9.17) is 5.11 Å². The summed E-state index contributed by atoms with van der Waals surface area (Å²) in [5, 5.41) is 16.5. The van der Waals surface area contributed by atoms with Gasteiger partial charge in [-0.25, -0.2) is 9.59 Å². The summed E-state index contributed by atoms with van der Waals surface area (Å²) < 4.78 is 0. The van der Waals surface area contributed by atoms with Crippen LogP contribution in [0.5, 0.6) is 0 Å². The van der Waals surface area contributed by atoms with Gasteiger partial charge in [-0.3, -0.25) is 4.79 Å². The molecule has 7 heteroatoms. The van der Waals surface area contributed by atoms with Gasteiger partial charge in [-0.2, -0.15) is 0 Å². The van der Waals surface area contributed by atoms with Crippen molar-refractivity contribution in [3.63, 3.8) is 0 Å². The Balaban J connectivity index is 4.48. The van der Waals surface area contributed by atoms with E-state index in [0.29, 0.717) is 6.42 Å². The van der Waals surface area contributed by atoms with Crippen molar-refractivity contribution in [3.8, 4) is 0 Å². The van der Waals surface area contributed by atoms with E-state index in [0.717, 1.165) is 0 Å². The third-order valence-electron chi connectivity index (χ3n) is 3.30. The summed E-state index contributed by atoms with van der Waals surface area (Å²) in [6, 6.07) is -1.53. The molecule has 3 amide bonds. The van der Waals surface area contributed by atoms with Gasteiger partial charge in [0, 0.05) is 13.6 Å². The van der Waals surface area contributed by atoms with Gasteiger partial charge in [-0.05, 0) is 19.8 Å². The molecule has 0 aliphatic heterocycles. The van der Waals surface area contributed by atoms with Gasteiger partial charge >= 0.3 is 12.0 Å². The highest BCUT2D eigenvalue weighted by Gasteiger charge is 2.29. The molecule has 2 unspecified atom stereocenters. The smallest absolute Gasteiger partial charge is 0.326 e. The van der Waals surface area contributed by atoms with Crippen LogP contribution in [0.2, 0.25) is 0 Å². The number of carboxylic acids is 1. The van der Waals surface area contributed by atoms with Gasteiger partial charge in [0.1, 0.15) is 6.04 Å². The van der Waals surface area contributed by atoms with Crippen LogP contribution in [-0.2, 0) is 9.59 Å². The van der Waals surface area contributed by atoms with Crippen molar-refractivity contribution in [2.24, 2.45) is 11.3 Å². The maximum atomic E-state index is 11.7. The Bertz CT molecular complexity index is 369. The summed E-state index contributed by atoms with van der Waals surface area (Å²) >= 11 is 0. The zero-order chi connectivity index (χ0) is 15.9. The van der Waals surface area contributed by atoms with Crippen LogP contribution in [0.1, 0.15) is 34.1 Å². The van der Waals surface area contributed by atoms with E-state index >= 15 is 0 Å². The molecule has 0 aliphatic rings. The van der Waals surface area contributed by atoms with Crippen molar-refractivity contribution in [1.82, 2.24) is 16.0 Å². The van der Waals surface area contributed by atoms with Gasteiger partial charge in [0.15, 0.2) is 0 Å². The van der Waals surface area contributed by atoms with Gasteiger partial charge < -0.3 is 21.1 Å². The van der Waals surface area contributed by atoms with Crippen LogP contribution in [0, 0.1) is 11.3 Å². The number of hydrogen-bond donors (Lipinski definition) is 4. The van der Waals surface area contributed by atoms with Gasteiger partial charge in [0.25, 0.3) is 0 Å². The van der Waals surface area contributed by atoms with E-state index in [9.17, 15) is 14.4 Å². The molecule has 0 radical (unpaired) electrons. The summed E-state index contributed by atoms with van der Waals surface area (Å²) in [5.41, 5.74) is -0.763. The van der Waals surface area contributed by atoms with Crippen LogP contribution in [0.15, 0.2) is 0 Å². The normalized spacial score (nSPS) is 14.1. The summed E-state index contributed by atoms with van der Waals surface area (Å²) in [5.74, 6) is -1.44. The average Bonchev–Trinajstić information content (AvgIpc) is 2.40. The first-order valence-corrected chi connectivity index (χ1v) is 6.65. The molecular formula is C13H25N3O4. The monoisotopic (exact) mass is 287 g/mol. The van der Waals surface area contributed by atoms with E-state index < -0.39 is 23.5 Å². The number of carboxylic acid groups (broad SMARTS) is 1. The number of carbonyl (C=O) groups excluding carboxylic acids is 2. The number of rotatable bonds is 7. The Kier molecular flexibility index (Phi) is 7.02. The third-order valence-corrected chi connectivity index (χ3v) is 3.30. The van der Waals surface area contributed by atoms with Crippen LogP contribution >= 0.6 is 0 Å². The standard InChI is InChI=1S/C13H25N3O4/c1-6-8(2)9(10(17)18)16-12(20)15-7-13(3,4)11(19)14-5/h8-9H,6-7H2,1-5H3,(H,14,19)(H,17,18)(H2,15,16,20). The molecule has 0 rings (SSSR count). The second-order valence-corrected chi connectivity index (χ2v) is 5.49. The van der Waals surface area contributed by atoms with E-state index in [1.54, 1.807) is 20.8 Å². The molecule has 0 saturated heterocycles. The second kappa shape index (κ2) is 7.72. The molecule has 0 heterocycles. The zero-order valence-electron chi connectivity index (χ0n) is 12.7. The molecule has 0 aromatic rings. The van der Waals surface area contributed by atoms with E-state index in [-0.39, 0.29) is 18.4 Å². The molecule has 7 nitrogen and oxygen atoms in total. The quantitative estimate of drug-likeness (QED) is 0.548. The number of amides is 3. The third kappa shape index (κ3) is 5.46. The fourth-order valence-electron chi connectivity index (χ4n) is 1.60. The summed E-state index contributed by atoms with van der Waals surface area (Å²) in [7, 11) is 1.52. The molecule has 0 saturated carbocycles. The first-order chi connectivity index (χ1) is 9.15. The minimum absolute atomic E-state index is 0.116. The lowest BCUT2D eigenvalue weighted by atomic mass is 9.92. The lowest BCUT2D eigenvalue weighted by Gasteiger charge is -2.25. The second-order valence-electron chi connectivity index (χ2n) is 5.49. The number of hydrogen-bond acceptors (Lipinski definition) is 3. The number of aliphatic carboxylic acids is 1. The molecule has 116 valence electrons. The molecule has 0 aromatic heterocycles. The molecule has 0 aliphatic carbocycles. The van der Waals surface area contributed by atoms with Crippen molar-refractivity contribution < 1.29 is 19.5 Å². The summed E-state index contributed by atoms with van der Waals surface area (Å²) in [6.45, 7) is 7.11.